The van der Waals surface area contributed by atoms with E-state index in [1.807, 2.05) is 6.07 Å². The first-order chi connectivity index (χ1) is 8.27. The van der Waals surface area contributed by atoms with Crippen molar-refractivity contribution in [1.29, 1.82) is 0 Å². The molecule has 1 aromatic rings. The van der Waals surface area contributed by atoms with E-state index in [4.69, 9.17) is 5.73 Å². The van der Waals surface area contributed by atoms with Gasteiger partial charge in [0.05, 0.1) is 11.4 Å². The Morgan fingerprint density at radius 3 is 2.88 bits per heavy atom. The molecule has 2 aliphatic rings. The highest BCUT2D eigenvalue weighted by Crippen LogP contribution is 2.40. The van der Waals surface area contributed by atoms with Gasteiger partial charge in [0.1, 0.15) is 5.82 Å². The second-order valence-electron chi connectivity index (χ2n) is 5.27. The number of para-hydroxylation sites is 1. The van der Waals surface area contributed by atoms with Crippen molar-refractivity contribution in [3.8, 4) is 0 Å². The van der Waals surface area contributed by atoms with Crippen LogP contribution in [0.1, 0.15) is 32.1 Å². The maximum absolute atomic E-state index is 13.5. The zero-order valence-electron chi connectivity index (χ0n) is 10.0. The zero-order valence-corrected chi connectivity index (χ0v) is 10.0. The molecule has 2 atom stereocenters. The lowest BCUT2D eigenvalue weighted by atomic mass is 9.91. The molecule has 1 aliphatic carbocycles. The van der Waals surface area contributed by atoms with E-state index in [-0.39, 0.29) is 5.82 Å². The maximum atomic E-state index is 13.5. The van der Waals surface area contributed by atoms with E-state index in [2.05, 4.69) is 4.90 Å². The standard InChI is InChI=1S/C14H19FN2/c15-11-6-2-8-13(14(11)16)17-9-3-5-10-4-1-7-12(10)17/h2,6,8,10,12H,1,3-5,7,9,16H2. The molecule has 3 heteroatoms. The number of rotatable bonds is 1. The normalized spacial score (nSPS) is 28.2. The van der Waals surface area contributed by atoms with Gasteiger partial charge < -0.3 is 10.6 Å². The van der Waals surface area contributed by atoms with Crippen LogP contribution >= 0.6 is 0 Å². The van der Waals surface area contributed by atoms with Crippen molar-refractivity contribution in [2.75, 3.05) is 17.2 Å². The summed E-state index contributed by atoms with van der Waals surface area (Å²) in [5, 5.41) is 0. The van der Waals surface area contributed by atoms with Gasteiger partial charge in [0.25, 0.3) is 0 Å². The van der Waals surface area contributed by atoms with Gasteiger partial charge in [0.2, 0.25) is 0 Å². The summed E-state index contributed by atoms with van der Waals surface area (Å²) in [6.45, 7) is 1.02. The average Bonchev–Trinajstić information content (AvgIpc) is 2.81. The summed E-state index contributed by atoms with van der Waals surface area (Å²) < 4.78 is 13.5. The Morgan fingerprint density at radius 1 is 1.18 bits per heavy atom. The number of anilines is 2. The largest absolute Gasteiger partial charge is 0.395 e. The number of piperidine rings is 1. The summed E-state index contributed by atoms with van der Waals surface area (Å²) in [6, 6.07) is 5.75. The summed E-state index contributed by atoms with van der Waals surface area (Å²) >= 11 is 0. The lowest BCUT2D eigenvalue weighted by Crippen LogP contribution is -2.43. The molecule has 2 unspecified atom stereocenters. The highest BCUT2D eigenvalue weighted by Gasteiger charge is 2.35. The number of halogens is 1. The van der Waals surface area contributed by atoms with Crippen molar-refractivity contribution < 1.29 is 4.39 Å². The zero-order chi connectivity index (χ0) is 11.8. The topological polar surface area (TPSA) is 29.3 Å². The Kier molecular flexibility index (Phi) is 2.69. The molecule has 1 aliphatic heterocycles. The molecule has 3 rings (SSSR count). The van der Waals surface area contributed by atoms with E-state index in [0.717, 1.165) is 18.2 Å². The molecule has 0 aromatic heterocycles. The molecule has 1 aromatic carbocycles. The minimum Gasteiger partial charge on any atom is -0.395 e. The van der Waals surface area contributed by atoms with Gasteiger partial charge in [-0.05, 0) is 43.7 Å². The highest BCUT2D eigenvalue weighted by atomic mass is 19.1. The summed E-state index contributed by atoms with van der Waals surface area (Å²) in [5.41, 5.74) is 7.10. The molecule has 92 valence electrons. The molecular weight excluding hydrogens is 215 g/mol. The first-order valence-corrected chi connectivity index (χ1v) is 6.58. The molecule has 1 heterocycles. The predicted molar refractivity (Wildman–Crippen MR) is 68.5 cm³/mol. The van der Waals surface area contributed by atoms with Gasteiger partial charge in [-0.15, -0.1) is 0 Å². The van der Waals surface area contributed by atoms with Crippen LogP contribution in [-0.4, -0.2) is 12.6 Å². The number of nitrogens with zero attached hydrogens (tertiary/aromatic N) is 1. The molecular formula is C14H19FN2. The summed E-state index contributed by atoms with van der Waals surface area (Å²) in [4.78, 5) is 2.35. The van der Waals surface area contributed by atoms with Crippen molar-refractivity contribution in [2.45, 2.75) is 38.1 Å². The third kappa shape index (κ3) is 1.78. The summed E-state index contributed by atoms with van der Waals surface area (Å²) in [7, 11) is 0. The maximum Gasteiger partial charge on any atom is 0.148 e. The highest BCUT2D eigenvalue weighted by molar-refractivity contribution is 5.68. The SMILES string of the molecule is Nc1c(F)cccc1N1CCCC2CCCC21. The van der Waals surface area contributed by atoms with Crippen LogP contribution in [-0.2, 0) is 0 Å². The molecule has 1 saturated carbocycles. The molecule has 0 radical (unpaired) electrons. The number of benzene rings is 1. The quantitative estimate of drug-likeness (QED) is 0.756. The van der Waals surface area contributed by atoms with E-state index >= 15 is 0 Å². The lowest BCUT2D eigenvalue weighted by Gasteiger charge is -2.40. The Morgan fingerprint density at radius 2 is 2.00 bits per heavy atom. The first kappa shape index (κ1) is 10.9. The summed E-state index contributed by atoms with van der Waals surface area (Å²) in [5.74, 6) is 0.508. The monoisotopic (exact) mass is 234 g/mol. The van der Waals surface area contributed by atoms with Crippen LogP contribution in [0, 0.1) is 11.7 Å². The Labute approximate surface area is 102 Å². The van der Waals surface area contributed by atoms with Crippen LogP contribution in [0.4, 0.5) is 15.8 Å². The molecule has 1 saturated heterocycles. The third-order valence-electron chi connectivity index (χ3n) is 4.33. The van der Waals surface area contributed by atoms with Gasteiger partial charge in [0.15, 0.2) is 0 Å². The van der Waals surface area contributed by atoms with Crippen molar-refractivity contribution in [2.24, 2.45) is 5.92 Å². The molecule has 0 bridgehead atoms. The lowest BCUT2D eigenvalue weighted by molar-refractivity contribution is 0.362. The van der Waals surface area contributed by atoms with E-state index < -0.39 is 0 Å². The van der Waals surface area contributed by atoms with Gasteiger partial charge in [-0.25, -0.2) is 4.39 Å². The number of hydrogen-bond donors (Lipinski definition) is 1. The second-order valence-corrected chi connectivity index (χ2v) is 5.27. The van der Waals surface area contributed by atoms with Crippen LogP contribution in [0.2, 0.25) is 0 Å². The first-order valence-electron chi connectivity index (χ1n) is 6.58. The van der Waals surface area contributed by atoms with Gasteiger partial charge in [0, 0.05) is 12.6 Å². The minimum atomic E-state index is -0.289. The minimum absolute atomic E-state index is 0.289. The molecule has 17 heavy (non-hydrogen) atoms. The third-order valence-corrected chi connectivity index (χ3v) is 4.33. The smallest absolute Gasteiger partial charge is 0.148 e. The van der Waals surface area contributed by atoms with Crippen LogP contribution in [0.3, 0.4) is 0 Å². The molecule has 0 spiro atoms. The van der Waals surface area contributed by atoms with Crippen LogP contribution in [0.15, 0.2) is 18.2 Å². The average molecular weight is 234 g/mol. The fourth-order valence-electron chi connectivity index (χ4n) is 3.53. The van der Waals surface area contributed by atoms with Crippen LogP contribution < -0.4 is 10.6 Å². The number of nitrogen functional groups attached to an aromatic ring is 1. The van der Waals surface area contributed by atoms with E-state index in [0.29, 0.717) is 11.7 Å². The van der Waals surface area contributed by atoms with Crippen molar-refractivity contribution in [3.63, 3.8) is 0 Å². The second kappa shape index (κ2) is 4.21. The van der Waals surface area contributed by atoms with Gasteiger partial charge in [-0.3, -0.25) is 0 Å². The fraction of sp³-hybridized carbons (Fsp3) is 0.571. The van der Waals surface area contributed by atoms with Crippen molar-refractivity contribution >= 4 is 11.4 Å². The molecule has 2 N–H and O–H groups in total. The predicted octanol–water partition coefficient (Wildman–Crippen LogP) is 3.18. The van der Waals surface area contributed by atoms with Crippen molar-refractivity contribution in [1.82, 2.24) is 0 Å². The van der Waals surface area contributed by atoms with E-state index in [1.165, 1.54) is 38.2 Å². The summed E-state index contributed by atoms with van der Waals surface area (Å²) in [6.07, 6.45) is 6.41. The molecule has 2 fully saturated rings. The molecule has 0 amide bonds. The van der Waals surface area contributed by atoms with E-state index in [1.54, 1.807) is 6.07 Å². The Balaban J connectivity index is 1.94. The van der Waals surface area contributed by atoms with Crippen molar-refractivity contribution in [3.05, 3.63) is 24.0 Å². The molecule has 2 nitrogen and oxygen atoms in total. The van der Waals surface area contributed by atoms with Crippen LogP contribution in [0.25, 0.3) is 0 Å². The van der Waals surface area contributed by atoms with Crippen LogP contribution in [0.5, 0.6) is 0 Å². The Bertz CT molecular complexity index is 419. The Hall–Kier alpha value is -1.25. The fourth-order valence-corrected chi connectivity index (χ4v) is 3.53. The number of nitrogens with two attached hydrogens (primary N) is 1. The number of hydrogen-bond acceptors (Lipinski definition) is 2. The van der Waals surface area contributed by atoms with E-state index in [9.17, 15) is 4.39 Å². The number of fused-ring (bicyclic) bond motifs is 1. The van der Waals surface area contributed by atoms with Gasteiger partial charge in [-0.2, -0.15) is 0 Å². The van der Waals surface area contributed by atoms with Gasteiger partial charge in [-0.1, -0.05) is 12.5 Å². The van der Waals surface area contributed by atoms with Gasteiger partial charge >= 0.3 is 0 Å².